The number of hydrogen-bond donors (Lipinski definition) is 1. The van der Waals surface area contributed by atoms with Crippen LogP contribution < -0.4 is 9.46 Å². The summed E-state index contributed by atoms with van der Waals surface area (Å²) in [6.07, 6.45) is 0.829. The summed E-state index contributed by atoms with van der Waals surface area (Å²) in [5, 5.41) is 0.711. The zero-order valence-corrected chi connectivity index (χ0v) is 20.9. The Morgan fingerprint density at radius 2 is 1.70 bits per heavy atom. The number of nitrogens with zero attached hydrogens (tertiary/aromatic N) is 2. The van der Waals surface area contributed by atoms with E-state index in [0.717, 1.165) is 26.1 Å². The van der Waals surface area contributed by atoms with E-state index in [9.17, 15) is 13.2 Å². The van der Waals surface area contributed by atoms with Crippen molar-refractivity contribution in [3.8, 4) is 5.75 Å². The Kier molecular flexibility index (Phi) is 8.75. The van der Waals surface area contributed by atoms with E-state index in [1.807, 2.05) is 38.1 Å². The van der Waals surface area contributed by atoms with Gasteiger partial charge < -0.3 is 9.64 Å². The van der Waals surface area contributed by atoms with Gasteiger partial charge in [-0.3, -0.25) is 9.69 Å². The number of benzene rings is 2. The number of amides is 1. The second-order valence-electron chi connectivity index (χ2n) is 8.60. The number of sulfonamides is 1. The smallest absolute Gasteiger partial charge is 0.241 e. The average Bonchev–Trinajstić information content (AvgIpc) is 3.04. The summed E-state index contributed by atoms with van der Waals surface area (Å²) in [5.41, 5.74) is 1.17. The molecule has 180 valence electrons. The van der Waals surface area contributed by atoms with Gasteiger partial charge in [-0.05, 0) is 54.3 Å². The third kappa shape index (κ3) is 6.93. The van der Waals surface area contributed by atoms with E-state index < -0.39 is 16.1 Å². The van der Waals surface area contributed by atoms with E-state index in [4.69, 9.17) is 16.3 Å². The lowest BCUT2D eigenvalue weighted by molar-refractivity contribution is -0.133. The van der Waals surface area contributed by atoms with Crippen LogP contribution in [-0.4, -0.2) is 63.5 Å². The quantitative estimate of drug-likeness (QED) is 0.609. The largest absolute Gasteiger partial charge is 0.497 e. The van der Waals surface area contributed by atoms with Crippen molar-refractivity contribution in [1.82, 2.24) is 14.5 Å². The maximum absolute atomic E-state index is 13.4. The van der Waals surface area contributed by atoms with Crippen LogP contribution in [0.25, 0.3) is 0 Å². The highest BCUT2D eigenvalue weighted by Gasteiger charge is 2.32. The molecule has 0 unspecified atom stereocenters. The molecular weight excluding hydrogens is 462 g/mol. The van der Waals surface area contributed by atoms with Gasteiger partial charge in [-0.2, -0.15) is 4.72 Å². The van der Waals surface area contributed by atoms with Gasteiger partial charge >= 0.3 is 0 Å². The molecule has 1 saturated heterocycles. The molecule has 0 aliphatic carbocycles. The molecule has 9 heteroatoms. The van der Waals surface area contributed by atoms with Crippen LogP contribution in [0.3, 0.4) is 0 Å². The number of nitrogens with one attached hydrogen (secondary N) is 1. The second kappa shape index (κ2) is 11.3. The molecule has 0 spiro atoms. The number of halogens is 1. The summed E-state index contributed by atoms with van der Waals surface area (Å²) in [7, 11) is -2.33. The van der Waals surface area contributed by atoms with Crippen LogP contribution in [0.1, 0.15) is 25.8 Å². The zero-order chi connectivity index (χ0) is 24.0. The molecule has 1 atom stereocenters. The first-order chi connectivity index (χ1) is 15.7. The molecule has 1 amide bonds. The Morgan fingerprint density at radius 3 is 2.30 bits per heavy atom. The summed E-state index contributed by atoms with van der Waals surface area (Å²) >= 11 is 5.98. The first kappa shape index (κ1) is 25.5. The molecular formula is C24H32ClN3O4S. The molecule has 1 N–H and O–H groups in total. The van der Waals surface area contributed by atoms with Gasteiger partial charge in [0.25, 0.3) is 0 Å². The maximum atomic E-state index is 13.4. The van der Waals surface area contributed by atoms with Crippen molar-refractivity contribution < 1.29 is 17.9 Å². The summed E-state index contributed by atoms with van der Waals surface area (Å²) in [4.78, 5) is 17.5. The van der Waals surface area contributed by atoms with Gasteiger partial charge in [-0.1, -0.05) is 37.6 Å². The van der Waals surface area contributed by atoms with Crippen molar-refractivity contribution in [2.45, 2.75) is 37.8 Å². The molecule has 3 rings (SSSR count). The van der Waals surface area contributed by atoms with E-state index in [1.54, 1.807) is 17.0 Å². The van der Waals surface area contributed by atoms with Crippen molar-refractivity contribution in [2.75, 3.05) is 33.3 Å². The third-order valence-electron chi connectivity index (χ3n) is 5.80. The molecule has 1 fully saturated rings. The fraction of sp³-hybridized carbons (Fsp3) is 0.458. The van der Waals surface area contributed by atoms with E-state index in [1.165, 1.54) is 24.8 Å². The van der Waals surface area contributed by atoms with Gasteiger partial charge in [-0.25, -0.2) is 8.42 Å². The van der Waals surface area contributed by atoms with Gasteiger partial charge in [0.1, 0.15) is 11.8 Å². The van der Waals surface area contributed by atoms with Crippen LogP contribution in [0.5, 0.6) is 5.75 Å². The van der Waals surface area contributed by atoms with Crippen molar-refractivity contribution >= 4 is 27.5 Å². The molecule has 0 bridgehead atoms. The number of hydrogen-bond acceptors (Lipinski definition) is 5. The molecule has 0 aromatic heterocycles. The van der Waals surface area contributed by atoms with Gasteiger partial charge in [0.2, 0.25) is 15.9 Å². The molecule has 1 aliphatic heterocycles. The number of methoxy groups -OCH3 is 1. The summed E-state index contributed by atoms with van der Waals surface area (Å²) in [5.74, 6) is 0.188. The van der Waals surface area contributed by atoms with Gasteiger partial charge in [0.15, 0.2) is 0 Å². The van der Waals surface area contributed by atoms with Gasteiger partial charge in [-0.15, -0.1) is 0 Å². The predicted molar refractivity (Wildman–Crippen MR) is 130 cm³/mol. The van der Waals surface area contributed by atoms with E-state index in [2.05, 4.69) is 9.62 Å². The SMILES string of the molecule is COc1ccc(S(=O)(=O)N[C@H](C(=O)N2CCCN(Cc3ccc(Cl)cc3)CC2)C(C)C)cc1. The Morgan fingerprint density at radius 1 is 1.03 bits per heavy atom. The maximum Gasteiger partial charge on any atom is 0.241 e. The Balaban J connectivity index is 1.65. The molecule has 0 saturated carbocycles. The Hall–Kier alpha value is -2.13. The van der Waals surface area contributed by atoms with Crippen LogP contribution in [0.2, 0.25) is 5.02 Å². The predicted octanol–water partition coefficient (Wildman–Crippen LogP) is 3.39. The summed E-state index contributed by atoms with van der Waals surface area (Å²) < 4.78 is 33.6. The fourth-order valence-corrected chi connectivity index (χ4v) is 5.32. The lowest BCUT2D eigenvalue weighted by atomic mass is 10.0. The second-order valence-corrected chi connectivity index (χ2v) is 10.8. The van der Waals surface area contributed by atoms with E-state index >= 15 is 0 Å². The van der Waals surface area contributed by atoms with Crippen molar-refractivity contribution in [3.63, 3.8) is 0 Å². The summed E-state index contributed by atoms with van der Waals surface area (Å²) in [6, 6.07) is 13.1. The van der Waals surface area contributed by atoms with Crippen LogP contribution in [0.4, 0.5) is 0 Å². The van der Waals surface area contributed by atoms with Crippen molar-refractivity contribution in [3.05, 3.63) is 59.1 Å². The topological polar surface area (TPSA) is 78.9 Å². The number of rotatable bonds is 8. The lowest BCUT2D eigenvalue weighted by Crippen LogP contribution is -2.51. The standard InChI is InChI=1S/C24H32ClN3O4S/c1-18(2)23(26-33(30,31)22-11-9-21(32-3)10-12-22)24(29)28-14-4-13-27(15-16-28)17-19-5-7-20(25)8-6-19/h5-12,18,23,26H,4,13-17H2,1-3H3/t23-/m0/s1. The Bertz CT molecular complexity index is 1030. The molecule has 7 nitrogen and oxygen atoms in total. The highest BCUT2D eigenvalue weighted by atomic mass is 35.5. The molecule has 1 aliphatic rings. The number of ether oxygens (including phenoxy) is 1. The minimum absolute atomic E-state index is 0.103. The monoisotopic (exact) mass is 493 g/mol. The highest BCUT2D eigenvalue weighted by molar-refractivity contribution is 7.89. The lowest BCUT2D eigenvalue weighted by Gasteiger charge is -2.29. The van der Waals surface area contributed by atoms with Crippen LogP contribution in [0, 0.1) is 5.92 Å². The molecule has 1 heterocycles. The van der Waals surface area contributed by atoms with Gasteiger partial charge in [0, 0.05) is 37.7 Å². The minimum atomic E-state index is -3.85. The summed E-state index contributed by atoms with van der Waals surface area (Å²) in [6.45, 7) is 7.24. The first-order valence-corrected chi connectivity index (χ1v) is 13.0. The number of carbonyl (C=O) groups excluding carboxylic acids is 1. The van der Waals surface area contributed by atoms with Crippen LogP contribution >= 0.6 is 11.6 Å². The van der Waals surface area contributed by atoms with Crippen LogP contribution in [-0.2, 0) is 21.4 Å². The minimum Gasteiger partial charge on any atom is -0.497 e. The van der Waals surface area contributed by atoms with Crippen molar-refractivity contribution in [2.24, 2.45) is 5.92 Å². The third-order valence-corrected chi connectivity index (χ3v) is 7.51. The van der Waals surface area contributed by atoms with E-state index in [0.29, 0.717) is 23.9 Å². The fourth-order valence-electron chi connectivity index (χ4n) is 3.86. The average molecular weight is 494 g/mol. The van der Waals surface area contributed by atoms with Gasteiger partial charge in [0.05, 0.1) is 12.0 Å². The van der Waals surface area contributed by atoms with Crippen LogP contribution in [0.15, 0.2) is 53.4 Å². The van der Waals surface area contributed by atoms with Crippen molar-refractivity contribution in [1.29, 1.82) is 0 Å². The Labute approximate surface area is 201 Å². The molecule has 2 aromatic rings. The molecule has 0 radical (unpaired) electrons. The first-order valence-electron chi connectivity index (χ1n) is 11.1. The molecule has 2 aromatic carbocycles. The highest BCUT2D eigenvalue weighted by Crippen LogP contribution is 2.19. The zero-order valence-electron chi connectivity index (χ0n) is 19.3. The normalized spacial score (nSPS) is 16.5. The molecule has 33 heavy (non-hydrogen) atoms. The van der Waals surface area contributed by atoms with E-state index in [-0.39, 0.29) is 16.7 Å². The number of carbonyl (C=O) groups is 1.